The van der Waals surface area contributed by atoms with Crippen LogP contribution in [0.5, 0.6) is 0 Å². The number of aromatic nitrogens is 2. The molecule has 1 unspecified atom stereocenters. The van der Waals surface area contributed by atoms with Gasteiger partial charge in [-0.15, -0.1) is 0 Å². The van der Waals surface area contributed by atoms with Crippen LogP contribution in [0.2, 0.25) is 0 Å². The van der Waals surface area contributed by atoms with Crippen LogP contribution < -0.4 is 5.32 Å². The summed E-state index contributed by atoms with van der Waals surface area (Å²) >= 11 is 0. The fourth-order valence-electron chi connectivity index (χ4n) is 3.50. The highest BCUT2D eigenvalue weighted by Gasteiger charge is 2.27. The molecule has 1 atom stereocenters. The molecule has 2 heterocycles. The van der Waals surface area contributed by atoms with Gasteiger partial charge in [-0.2, -0.15) is 0 Å². The summed E-state index contributed by atoms with van der Waals surface area (Å²) in [6.07, 6.45) is 5.32. The van der Waals surface area contributed by atoms with Crippen LogP contribution in [0.15, 0.2) is 73.2 Å². The van der Waals surface area contributed by atoms with Crippen LogP contribution in [0.25, 0.3) is 0 Å². The smallest absolute Gasteiger partial charge is 0.224 e. The molecule has 0 spiro atoms. The zero-order chi connectivity index (χ0) is 17.1. The molecule has 126 valence electrons. The van der Waals surface area contributed by atoms with Crippen LogP contribution in [0.3, 0.4) is 0 Å². The predicted molar refractivity (Wildman–Crippen MR) is 96.9 cm³/mol. The summed E-state index contributed by atoms with van der Waals surface area (Å²) in [6, 6.07) is 20.2. The van der Waals surface area contributed by atoms with Crippen molar-refractivity contribution in [1.29, 1.82) is 0 Å². The number of rotatable bonds is 4. The molecular formula is C21H21N3O. The van der Waals surface area contributed by atoms with E-state index in [0.29, 0.717) is 0 Å². The molecule has 0 radical (unpaired) electrons. The quantitative estimate of drug-likeness (QED) is 0.797. The molecule has 2 aromatic carbocycles. The van der Waals surface area contributed by atoms with Crippen molar-refractivity contribution in [2.75, 3.05) is 0 Å². The Labute approximate surface area is 147 Å². The Morgan fingerprint density at radius 3 is 2.32 bits per heavy atom. The van der Waals surface area contributed by atoms with Gasteiger partial charge in [0.15, 0.2) is 0 Å². The standard InChI is InChI=1S/C21H21N3O/c25-21(18-11-12-24-15-22-14-19(24)13-18)23-20(16-7-3-1-4-8-16)17-9-5-2-6-10-17/h1-10,14-15,18,20H,11-13H2,(H,23,25). The molecule has 0 aliphatic carbocycles. The Balaban J connectivity index is 1.56. The van der Waals surface area contributed by atoms with E-state index in [1.54, 1.807) is 0 Å². The van der Waals surface area contributed by atoms with Crippen molar-refractivity contribution < 1.29 is 4.79 Å². The van der Waals surface area contributed by atoms with Crippen molar-refractivity contribution in [3.8, 4) is 0 Å². The normalized spacial score (nSPS) is 16.4. The molecule has 25 heavy (non-hydrogen) atoms. The van der Waals surface area contributed by atoms with Crippen LogP contribution >= 0.6 is 0 Å². The summed E-state index contributed by atoms with van der Waals surface area (Å²) < 4.78 is 2.13. The van der Waals surface area contributed by atoms with Crippen LogP contribution in [-0.4, -0.2) is 15.5 Å². The van der Waals surface area contributed by atoms with Crippen LogP contribution in [-0.2, 0) is 17.8 Å². The number of carbonyl (C=O) groups excluding carboxylic acids is 1. The Morgan fingerprint density at radius 2 is 1.68 bits per heavy atom. The van der Waals surface area contributed by atoms with E-state index in [-0.39, 0.29) is 17.9 Å². The summed E-state index contributed by atoms with van der Waals surface area (Å²) in [6.45, 7) is 0.856. The van der Waals surface area contributed by atoms with Crippen LogP contribution in [0.1, 0.15) is 29.3 Å². The van der Waals surface area contributed by atoms with E-state index in [2.05, 4.69) is 39.1 Å². The van der Waals surface area contributed by atoms with E-state index in [1.807, 2.05) is 48.9 Å². The van der Waals surface area contributed by atoms with Crippen molar-refractivity contribution in [3.05, 3.63) is 90.0 Å². The maximum Gasteiger partial charge on any atom is 0.224 e. The van der Waals surface area contributed by atoms with E-state index in [1.165, 1.54) is 0 Å². The summed E-state index contributed by atoms with van der Waals surface area (Å²) in [5, 5.41) is 3.27. The summed E-state index contributed by atoms with van der Waals surface area (Å²) in [4.78, 5) is 17.1. The highest BCUT2D eigenvalue weighted by molar-refractivity contribution is 5.80. The third-order valence-electron chi connectivity index (χ3n) is 4.90. The van der Waals surface area contributed by atoms with Crippen molar-refractivity contribution in [3.63, 3.8) is 0 Å². The SMILES string of the molecule is O=C(NC(c1ccccc1)c1ccccc1)C1CCn2cncc2C1. The monoisotopic (exact) mass is 331 g/mol. The summed E-state index contributed by atoms with van der Waals surface area (Å²) in [5.41, 5.74) is 3.34. The van der Waals surface area contributed by atoms with Gasteiger partial charge in [-0.05, 0) is 17.5 Å². The zero-order valence-electron chi connectivity index (χ0n) is 14.0. The lowest BCUT2D eigenvalue weighted by molar-refractivity contribution is -0.126. The fourth-order valence-corrected chi connectivity index (χ4v) is 3.50. The lowest BCUT2D eigenvalue weighted by Gasteiger charge is -2.26. The number of benzene rings is 2. The number of nitrogens with zero attached hydrogens (tertiary/aromatic N) is 2. The van der Waals surface area contributed by atoms with Crippen LogP contribution in [0, 0.1) is 5.92 Å². The molecule has 0 fully saturated rings. The molecule has 1 N–H and O–H groups in total. The molecule has 1 aliphatic rings. The van der Waals surface area contributed by atoms with Crippen molar-refractivity contribution >= 4 is 5.91 Å². The van der Waals surface area contributed by atoms with Gasteiger partial charge < -0.3 is 9.88 Å². The Bertz CT molecular complexity index is 802. The minimum Gasteiger partial charge on any atom is -0.345 e. The maximum atomic E-state index is 12.9. The highest BCUT2D eigenvalue weighted by Crippen LogP contribution is 2.25. The van der Waals surface area contributed by atoms with Crippen molar-refractivity contribution in [2.45, 2.75) is 25.4 Å². The number of aryl methyl sites for hydroxylation is 1. The second-order valence-corrected chi connectivity index (χ2v) is 6.53. The first-order chi connectivity index (χ1) is 12.3. The topological polar surface area (TPSA) is 46.9 Å². The van der Waals surface area contributed by atoms with E-state index in [9.17, 15) is 4.79 Å². The molecule has 3 aromatic rings. The van der Waals surface area contributed by atoms with Crippen LogP contribution in [0.4, 0.5) is 0 Å². The number of hydrogen-bond acceptors (Lipinski definition) is 2. The van der Waals surface area contributed by atoms with Gasteiger partial charge in [0.05, 0.1) is 12.4 Å². The lowest BCUT2D eigenvalue weighted by atomic mass is 9.93. The third-order valence-corrected chi connectivity index (χ3v) is 4.90. The molecule has 0 saturated carbocycles. The molecule has 1 amide bonds. The Kier molecular flexibility index (Phi) is 4.34. The minimum absolute atomic E-state index is 0.000811. The Hall–Kier alpha value is -2.88. The minimum atomic E-state index is -0.123. The van der Waals surface area contributed by atoms with Gasteiger partial charge in [-0.3, -0.25) is 4.79 Å². The van der Waals surface area contributed by atoms with Gasteiger partial charge in [0.25, 0.3) is 0 Å². The second-order valence-electron chi connectivity index (χ2n) is 6.53. The van der Waals surface area contributed by atoms with Gasteiger partial charge >= 0.3 is 0 Å². The lowest BCUT2D eigenvalue weighted by Crippen LogP contribution is -2.37. The van der Waals surface area contributed by atoms with E-state index in [4.69, 9.17) is 0 Å². The highest BCUT2D eigenvalue weighted by atomic mass is 16.1. The average Bonchev–Trinajstić information content (AvgIpc) is 3.15. The van der Waals surface area contributed by atoms with E-state index < -0.39 is 0 Å². The number of carbonyl (C=O) groups is 1. The zero-order valence-corrected chi connectivity index (χ0v) is 14.0. The van der Waals surface area contributed by atoms with Crippen molar-refractivity contribution in [1.82, 2.24) is 14.9 Å². The number of hydrogen-bond donors (Lipinski definition) is 1. The second kappa shape index (κ2) is 6.93. The number of nitrogens with one attached hydrogen (secondary N) is 1. The molecule has 4 rings (SSSR count). The number of fused-ring (bicyclic) bond motifs is 1. The molecule has 4 heteroatoms. The van der Waals surface area contributed by atoms with E-state index >= 15 is 0 Å². The van der Waals surface area contributed by atoms with E-state index in [0.717, 1.165) is 36.2 Å². The van der Waals surface area contributed by atoms with Gasteiger partial charge in [0, 0.05) is 30.8 Å². The number of amides is 1. The molecule has 4 nitrogen and oxygen atoms in total. The van der Waals surface area contributed by atoms with Crippen molar-refractivity contribution in [2.24, 2.45) is 5.92 Å². The average molecular weight is 331 g/mol. The maximum absolute atomic E-state index is 12.9. The fraction of sp³-hybridized carbons (Fsp3) is 0.238. The van der Waals surface area contributed by atoms with Gasteiger partial charge in [0.1, 0.15) is 0 Å². The predicted octanol–water partition coefficient (Wildman–Crippen LogP) is 3.35. The first kappa shape index (κ1) is 15.6. The Morgan fingerprint density at radius 1 is 1.04 bits per heavy atom. The molecule has 1 aromatic heterocycles. The van der Waals surface area contributed by atoms with Gasteiger partial charge in [-0.25, -0.2) is 4.98 Å². The number of imidazole rings is 1. The first-order valence-corrected chi connectivity index (χ1v) is 8.70. The molecule has 0 bridgehead atoms. The molecule has 0 saturated heterocycles. The van der Waals surface area contributed by atoms with Gasteiger partial charge in [-0.1, -0.05) is 60.7 Å². The van der Waals surface area contributed by atoms with Gasteiger partial charge in [0.2, 0.25) is 5.91 Å². The summed E-state index contributed by atoms with van der Waals surface area (Å²) in [5.74, 6) is 0.115. The first-order valence-electron chi connectivity index (χ1n) is 8.70. The third kappa shape index (κ3) is 3.33. The molecular weight excluding hydrogens is 310 g/mol. The molecule has 1 aliphatic heterocycles. The largest absolute Gasteiger partial charge is 0.345 e. The summed E-state index contributed by atoms with van der Waals surface area (Å²) in [7, 11) is 0.